The molecule has 8 nitrogen and oxygen atoms in total. The fourth-order valence-corrected chi connectivity index (χ4v) is 5.16. The Hall–Kier alpha value is -4.48. The predicted molar refractivity (Wildman–Crippen MR) is 166 cm³/mol. The summed E-state index contributed by atoms with van der Waals surface area (Å²) < 4.78 is 25.3. The highest BCUT2D eigenvalue weighted by atomic mass is 79.9. The Bertz CT molecular complexity index is 1670. The van der Waals surface area contributed by atoms with Crippen molar-refractivity contribution in [2.75, 3.05) is 11.9 Å². The molecule has 5 rings (SSSR count). The van der Waals surface area contributed by atoms with Crippen LogP contribution in [-0.2, 0) is 16.1 Å². The second kappa shape index (κ2) is 13.5. The summed E-state index contributed by atoms with van der Waals surface area (Å²) in [5, 5.41) is 11.5. The monoisotopic (exact) mass is 646 g/mol. The lowest BCUT2D eigenvalue weighted by atomic mass is 10.2. The van der Waals surface area contributed by atoms with Crippen molar-refractivity contribution in [3.8, 4) is 5.75 Å². The summed E-state index contributed by atoms with van der Waals surface area (Å²) in [6, 6.07) is 22.1. The maximum atomic E-state index is 13.5. The van der Waals surface area contributed by atoms with Crippen molar-refractivity contribution in [1.82, 2.24) is 4.90 Å². The third-order valence-corrected chi connectivity index (χ3v) is 7.44. The predicted octanol–water partition coefficient (Wildman–Crippen LogP) is 7.01. The number of carbonyl (C=O) groups is 2. The van der Waals surface area contributed by atoms with Crippen molar-refractivity contribution < 1.29 is 23.1 Å². The van der Waals surface area contributed by atoms with E-state index in [-0.39, 0.29) is 30.8 Å². The van der Waals surface area contributed by atoms with Gasteiger partial charge in [0.15, 0.2) is 11.8 Å². The minimum absolute atomic E-state index is 0.155. The maximum absolute atomic E-state index is 13.5. The van der Waals surface area contributed by atoms with E-state index in [0.29, 0.717) is 38.4 Å². The molecule has 2 amide bonds. The number of rotatable bonds is 9. The molecule has 1 fully saturated rings. The van der Waals surface area contributed by atoms with Gasteiger partial charge in [-0.2, -0.15) is 5.10 Å². The number of benzene rings is 3. The average molecular weight is 648 g/mol. The smallest absolute Gasteiger partial charge is 0.267 e. The Labute approximate surface area is 254 Å². The third kappa shape index (κ3) is 7.62. The Morgan fingerprint density at radius 3 is 2.64 bits per heavy atom. The van der Waals surface area contributed by atoms with Crippen LogP contribution >= 0.6 is 27.7 Å². The molecule has 0 aliphatic carbocycles. The molecule has 4 aromatic rings. The summed E-state index contributed by atoms with van der Waals surface area (Å²) >= 11 is 4.62. The minimum atomic E-state index is -0.349. The SMILES string of the molecule is Cc1ccc(NC(=O)COc2ccc(Br)cc2/C=C2\S/C(=N\N=C\c3ccc(F)cc3)N(Cc3ccco3)C2=O)cc1. The number of hydrogen-bond donors (Lipinski definition) is 1. The standard InChI is InChI=1S/C31H24BrFN4O4S/c1-20-4-11-25(12-5-20)35-29(38)19-41-27-13-8-23(32)15-22(27)16-28-30(39)37(18-26-3-2-14-40-26)31(42-28)36-34-17-21-6-9-24(33)10-7-21/h2-17H,18-19H2,1H3,(H,35,38)/b28-16-,34-17+,36-31-. The highest BCUT2D eigenvalue weighted by Gasteiger charge is 2.34. The van der Waals surface area contributed by atoms with Gasteiger partial charge in [-0.1, -0.05) is 45.8 Å². The Morgan fingerprint density at radius 2 is 1.90 bits per heavy atom. The second-order valence-corrected chi connectivity index (χ2v) is 11.1. The van der Waals surface area contributed by atoms with E-state index in [2.05, 4.69) is 31.4 Å². The largest absolute Gasteiger partial charge is 0.483 e. The van der Waals surface area contributed by atoms with Crippen molar-refractivity contribution in [2.24, 2.45) is 10.2 Å². The molecule has 0 radical (unpaired) electrons. The number of amides is 2. The maximum Gasteiger partial charge on any atom is 0.267 e. The highest BCUT2D eigenvalue weighted by Crippen LogP contribution is 2.36. The van der Waals surface area contributed by atoms with E-state index < -0.39 is 0 Å². The molecule has 212 valence electrons. The van der Waals surface area contributed by atoms with Crippen LogP contribution < -0.4 is 10.1 Å². The van der Waals surface area contributed by atoms with Crippen molar-refractivity contribution >= 4 is 62.7 Å². The van der Waals surface area contributed by atoms with Crippen LogP contribution in [0.15, 0.2) is 109 Å². The Kier molecular flexibility index (Phi) is 9.30. The molecular weight excluding hydrogens is 623 g/mol. The van der Waals surface area contributed by atoms with E-state index in [9.17, 15) is 14.0 Å². The van der Waals surface area contributed by atoms with E-state index in [1.807, 2.05) is 31.2 Å². The fourth-order valence-electron chi connectivity index (χ4n) is 3.86. The number of furan rings is 1. The van der Waals surface area contributed by atoms with Crippen molar-refractivity contribution in [3.05, 3.63) is 123 Å². The molecule has 3 aromatic carbocycles. The van der Waals surface area contributed by atoms with Gasteiger partial charge in [0, 0.05) is 15.7 Å². The first-order valence-corrected chi connectivity index (χ1v) is 14.3. The van der Waals surface area contributed by atoms with E-state index in [0.717, 1.165) is 21.8 Å². The van der Waals surface area contributed by atoms with E-state index in [1.165, 1.54) is 29.5 Å². The number of ether oxygens (including phenoxy) is 1. The lowest BCUT2D eigenvalue weighted by Gasteiger charge is -2.13. The minimum Gasteiger partial charge on any atom is -0.483 e. The van der Waals surface area contributed by atoms with Gasteiger partial charge in [0.2, 0.25) is 0 Å². The molecule has 11 heteroatoms. The first-order chi connectivity index (χ1) is 20.3. The number of anilines is 1. The number of halogens is 2. The molecule has 0 saturated carbocycles. The molecule has 0 bridgehead atoms. The Morgan fingerprint density at radius 1 is 1.12 bits per heavy atom. The van der Waals surface area contributed by atoms with Crippen molar-refractivity contribution in [1.29, 1.82) is 0 Å². The lowest BCUT2D eigenvalue weighted by molar-refractivity contribution is -0.122. The number of nitrogens with zero attached hydrogens (tertiary/aromatic N) is 3. The van der Waals surface area contributed by atoms with Gasteiger partial charge in [0.25, 0.3) is 11.8 Å². The topological polar surface area (TPSA) is 96.5 Å². The summed E-state index contributed by atoms with van der Waals surface area (Å²) in [5.74, 6) is 0.0412. The summed E-state index contributed by atoms with van der Waals surface area (Å²) in [6.45, 7) is 1.90. The molecule has 1 saturated heterocycles. The van der Waals surface area contributed by atoms with E-state index >= 15 is 0 Å². The van der Waals surface area contributed by atoms with Gasteiger partial charge in [-0.05, 0) is 84.9 Å². The van der Waals surface area contributed by atoms with Crippen LogP contribution in [0.5, 0.6) is 5.75 Å². The number of thioether (sulfide) groups is 1. The zero-order valence-corrected chi connectivity index (χ0v) is 24.7. The van der Waals surface area contributed by atoms with Gasteiger partial charge in [-0.3, -0.25) is 14.5 Å². The molecule has 0 atom stereocenters. The molecule has 42 heavy (non-hydrogen) atoms. The van der Waals surface area contributed by atoms with Crippen LogP contribution in [0.4, 0.5) is 10.1 Å². The van der Waals surface area contributed by atoms with Crippen molar-refractivity contribution in [3.63, 3.8) is 0 Å². The number of nitrogens with one attached hydrogen (secondary N) is 1. The first kappa shape index (κ1) is 29.0. The van der Waals surface area contributed by atoms with Gasteiger partial charge in [0.1, 0.15) is 17.3 Å². The fraction of sp³-hybridized carbons (Fsp3) is 0.0968. The normalized spacial score (nSPS) is 15.2. The Balaban J connectivity index is 1.36. The first-order valence-electron chi connectivity index (χ1n) is 12.7. The quantitative estimate of drug-likeness (QED) is 0.120. The molecule has 1 aliphatic rings. The molecule has 0 unspecified atom stereocenters. The van der Waals surface area contributed by atoms with Crippen LogP contribution in [0.3, 0.4) is 0 Å². The molecule has 2 heterocycles. The van der Waals surface area contributed by atoms with E-state index in [1.54, 1.807) is 48.5 Å². The van der Waals surface area contributed by atoms with Gasteiger partial charge < -0.3 is 14.5 Å². The van der Waals surface area contributed by atoms with Gasteiger partial charge >= 0.3 is 0 Å². The summed E-state index contributed by atoms with van der Waals surface area (Å²) in [7, 11) is 0. The summed E-state index contributed by atoms with van der Waals surface area (Å²) in [5.41, 5.74) is 3.01. The summed E-state index contributed by atoms with van der Waals surface area (Å²) in [4.78, 5) is 27.9. The van der Waals surface area contributed by atoms with Crippen molar-refractivity contribution in [2.45, 2.75) is 13.5 Å². The lowest BCUT2D eigenvalue weighted by Crippen LogP contribution is -2.28. The molecular formula is C31H24BrFN4O4S. The zero-order chi connectivity index (χ0) is 29.5. The van der Waals surface area contributed by atoms with Crippen LogP contribution in [0.1, 0.15) is 22.5 Å². The summed E-state index contributed by atoms with van der Waals surface area (Å²) in [6.07, 6.45) is 4.70. The third-order valence-electron chi connectivity index (χ3n) is 5.95. The molecule has 0 spiro atoms. The van der Waals surface area contributed by atoms with Crippen LogP contribution in [-0.4, -0.2) is 34.7 Å². The van der Waals surface area contributed by atoms with Crippen LogP contribution in [0.25, 0.3) is 6.08 Å². The average Bonchev–Trinajstić information content (AvgIpc) is 3.59. The number of hydrogen-bond acceptors (Lipinski definition) is 7. The van der Waals surface area contributed by atoms with E-state index in [4.69, 9.17) is 9.15 Å². The number of aryl methyl sites for hydroxylation is 1. The highest BCUT2D eigenvalue weighted by molar-refractivity contribution is 9.10. The molecule has 1 aliphatic heterocycles. The number of amidine groups is 1. The molecule has 1 N–H and O–H groups in total. The number of carbonyl (C=O) groups excluding carboxylic acids is 2. The van der Waals surface area contributed by atoms with Gasteiger partial charge in [-0.15, -0.1) is 5.10 Å². The second-order valence-electron chi connectivity index (χ2n) is 9.15. The zero-order valence-electron chi connectivity index (χ0n) is 22.3. The van der Waals surface area contributed by atoms with Gasteiger partial charge in [-0.25, -0.2) is 4.39 Å². The van der Waals surface area contributed by atoms with Gasteiger partial charge in [0.05, 0.1) is 23.9 Å². The van der Waals surface area contributed by atoms with Crippen LogP contribution in [0, 0.1) is 12.7 Å². The van der Waals surface area contributed by atoms with Crippen LogP contribution in [0.2, 0.25) is 0 Å². The molecule has 1 aromatic heterocycles.